The van der Waals surface area contributed by atoms with Crippen LogP contribution in [-0.4, -0.2) is 0 Å². The molecule has 0 amide bonds. The summed E-state index contributed by atoms with van der Waals surface area (Å²) in [6.07, 6.45) is 8.32. The summed E-state index contributed by atoms with van der Waals surface area (Å²) in [6.45, 7) is 0. The normalized spacial score (nSPS) is 11.1. The minimum atomic E-state index is 0.672. The molecule has 2 nitrogen and oxygen atoms in total. The summed E-state index contributed by atoms with van der Waals surface area (Å²) < 4.78 is 0. The predicted molar refractivity (Wildman–Crippen MR) is 179 cm³/mol. The fourth-order valence-electron chi connectivity index (χ4n) is 4.49. The van der Waals surface area contributed by atoms with Crippen molar-refractivity contribution in [1.29, 1.82) is 10.5 Å². The maximum absolute atomic E-state index is 8.96. The van der Waals surface area contributed by atoms with Gasteiger partial charge < -0.3 is 0 Å². The van der Waals surface area contributed by atoms with Gasteiger partial charge in [-0.05, 0) is 81.9 Å². The van der Waals surface area contributed by atoms with Gasteiger partial charge in [0, 0.05) is 19.5 Å². The molecule has 0 saturated heterocycles. The van der Waals surface area contributed by atoms with Crippen molar-refractivity contribution in [2.75, 3.05) is 0 Å². The lowest BCUT2D eigenvalue weighted by molar-refractivity contribution is 1.48. The molecular weight excluding hydrogens is 549 g/mol. The molecule has 0 N–H and O–H groups in total. The van der Waals surface area contributed by atoms with Crippen molar-refractivity contribution in [3.63, 3.8) is 0 Å². The Labute approximate surface area is 254 Å². The first-order valence-corrected chi connectivity index (χ1v) is 15.1. The largest absolute Gasteiger partial charge is 0.192 e. The molecule has 4 heteroatoms. The number of nitrogens with zero attached hydrogens (tertiary/aromatic N) is 2. The first kappa shape index (κ1) is 26.9. The molecule has 4 aromatic carbocycles. The number of nitriles is 2. The van der Waals surface area contributed by atoms with E-state index in [0.29, 0.717) is 11.1 Å². The van der Waals surface area contributed by atoms with Gasteiger partial charge in [-0.3, -0.25) is 0 Å². The van der Waals surface area contributed by atoms with Crippen LogP contribution in [-0.2, 0) is 0 Å². The highest BCUT2D eigenvalue weighted by Gasteiger charge is 2.09. The van der Waals surface area contributed by atoms with Crippen LogP contribution >= 0.6 is 22.7 Å². The molecule has 2 heterocycles. The smallest absolute Gasteiger partial charge is 0.0991 e. The topological polar surface area (TPSA) is 47.6 Å². The van der Waals surface area contributed by atoms with Crippen molar-refractivity contribution in [1.82, 2.24) is 0 Å². The van der Waals surface area contributed by atoms with Gasteiger partial charge >= 0.3 is 0 Å². The van der Waals surface area contributed by atoms with E-state index in [-0.39, 0.29) is 0 Å². The number of benzene rings is 4. The summed E-state index contributed by atoms with van der Waals surface area (Å²) in [6, 6.07) is 45.6. The van der Waals surface area contributed by atoms with Crippen LogP contribution in [0.4, 0.5) is 0 Å². The van der Waals surface area contributed by atoms with E-state index >= 15 is 0 Å². The standard InChI is InChI=1S/C38H24N2S2/c39-25-31-9-5-27(6-10-31)1-3-29-13-17-33(18-14-29)35-21-23-37(41-35)38-24-22-36(42-38)34-19-15-30(16-20-34)4-2-28-7-11-32(26-40)12-8-28/h1-24H/b3-1+,4-2+. The molecule has 0 aliphatic rings. The van der Waals surface area contributed by atoms with Crippen LogP contribution in [0.15, 0.2) is 121 Å². The van der Waals surface area contributed by atoms with Crippen molar-refractivity contribution in [2.24, 2.45) is 0 Å². The van der Waals surface area contributed by atoms with Gasteiger partial charge in [0.1, 0.15) is 0 Å². The maximum Gasteiger partial charge on any atom is 0.0991 e. The molecule has 0 fully saturated rings. The summed E-state index contributed by atoms with van der Waals surface area (Å²) in [5, 5.41) is 17.9. The molecule has 0 spiro atoms. The molecule has 0 atom stereocenters. The number of hydrogen-bond donors (Lipinski definition) is 0. The number of hydrogen-bond acceptors (Lipinski definition) is 4. The minimum absolute atomic E-state index is 0.672. The lowest BCUT2D eigenvalue weighted by atomic mass is 10.1. The first-order chi connectivity index (χ1) is 20.7. The zero-order valence-corrected chi connectivity index (χ0v) is 24.2. The zero-order chi connectivity index (χ0) is 28.7. The lowest BCUT2D eigenvalue weighted by Gasteiger charge is -2.00. The van der Waals surface area contributed by atoms with Gasteiger partial charge in [-0.1, -0.05) is 97.1 Å². The highest BCUT2D eigenvalue weighted by Crippen LogP contribution is 2.40. The molecule has 6 rings (SSSR count). The van der Waals surface area contributed by atoms with Crippen molar-refractivity contribution >= 4 is 47.0 Å². The summed E-state index contributed by atoms with van der Waals surface area (Å²) in [7, 11) is 0. The Morgan fingerprint density at radius 2 is 0.643 bits per heavy atom. The van der Waals surface area contributed by atoms with Gasteiger partial charge in [0.2, 0.25) is 0 Å². The van der Waals surface area contributed by atoms with E-state index in [1.807, 2.05) is 71.2 Å². The molecule has 0 saturated carbocycles. The second-order valence-electron chi connectivity index (χ2n) is 9.71. The molecule has 0 unspecified atom stereocenters. The van der Waals surface area contributed by atoms with E-state index in [4.69, 9.17) is 10.5 Å². The van der Waals surface area contributed by atoms with E-state index in [1.165, 1.54) is 30.6 Å². The monoisotopic (exact) mass is 572 g/mol. The third-order valence-corrected chi connectivity index (χ3v) is 9.33. The van der Waals surface area contributed by atoms with E-state index in [2.05, 4.69) is 109 Å². The van der Waals surface area contributed by atoms with Crippen molar-refractivity contribution in [3.8, 4) is 42.8 Å². The second-order valence-corrected chi connectivity index (χ2v) is 11.9. The Bertz CT molecular complexity index is 1810. The molecule has 198 valence electrons. The highest BCUT2D eigenvalue weighted by atomic mass is 32.1. The maximum atomic E-state index is 8.96. The minimum Gasteiger partial charge on any atom is -0.192 e. The van der Waals surface area contributed by atoms with Gasteiger partial charge in [-0.2, -0.15) is 10.5 Å². The van der Waals surface area contributed by atoms with Crippen LogP contribution in [0.5, 0.6) is 0 Å². The van der Waals surface area contributed by atoms with Gasteiger partial charge in [0.15, 0.2) is 0 Å². The highest BCUT2D eigenvalue weighted by molar-refractivity contribution is 7.25. The average molecular weight is 573 g/mol. The van der Waals surface area contributed by atoms with E-state index in [9.17, 15) is 0 Å². The van der Waals surface area contributed by atoms with Gasteiger partial charge in [-0.25, -0.2) is 0 Å². The van der Waals surface area contributed by atoms with Crippen molar-refractivity contribution in [3.05, 3.63) is 155 Å². The van der Waals surface area contributed by atoms with Gasteiger partial charge in [0.25, 0.3) is 0 Å². The SMILES string of the molecule is N#Cc1ccc(/C=C/c2ccc(-c3ccc(-c4ccc(-c5ccc(/C=C/c6ccc(C#N)cc6)cc5)s4)s3)cc2)cc1. The molecular formula is C38H24N2S2. The molecule has 0 radical (unpaired) electrons. The number of rotatable bonds is 7. The molecule has 42 heavy (non-hydrogen) atoms. The van der Waals surface area contributed by atoms with Crippen LogP contribution in [0.1, 0.15) is 33.4 Å². The molecule has 6 aromatic rings. The predicted octanol–water partition coefficient (Wildman–Crippen LogP) is 10.9. The Morgan fingerprint density at radius 3 is 0.952 bits per heavy atom. The Morgan fingerprint density at radius 1 is 0.357 bits per heavy atom. The molecule has 0 bridgehead atoms. The quantitative estimate of drug-likeness (QED) is 0.179. The van der Waals surface area contributed by atoms with Crippen LogP contribution in [0.3, 0.4) is 0 Å². The molecule has 0 aliphatic carbocycles. The van der Waals surface area contributed by atoms with E-state index in [0.717, 1.165) is 22.3 Å². The third kappa shape index (κ3) is 6.38. The lowest BCUT2D eigenvalue weighted by Crippen LogP contribution is -1.77. The Hall–Kier alpha value is -5.26. The van der Waals surface area contributed by atoms with Gasteiger partial charge in [-0.15, -0.1) is 22.7 Å². The van der Waals surface area contributed by atoms with Crippen molar-refractivity contribution < 1.29 is 0 Å². The second kappa shape index (κ2) is 12.5. The summed E-state index contributed by atoms with van der Waals surface area (Å²) in [5.74, 6) is 0. The Kier molecular flexibility index (Phi) is 8.02. The summed E-state index contributed by atoms with van der Waals surface area (Å²) >= 11 is 3.63. The van der Waals surface area contributed by atoms with E-state index in [1.54, 1.807) is 0 Å². The zero-order valence-electron chi connectivity index (χ0n) is 22.6. The summed E-state index contributed by atoms with van der Waals surface area (Å²) in [5.41, 5.74) is 8.19. The van der Waals surface area contributed by atoms with Crippen molar-refractivity contribution in [2.45, 2.75) is 0 Å². The molecule has 2 aromatic heterocycles. The Balaban J connectivity index is 1.10. The third-order valence-electron chi connectivity index (χ3n) is 6.86. The van der Waals surface area contributed by atoms with Gasteiger partial charge in [0.05, 0.1) is 23.3 Å². The van der Waals surface area contributed by atoms with E-state index < -0.39 is 0 Å². The summed E-state index contributed by atoms with van der Waals surface area (Å²) in [4.78, 5) is 5.04. The number of thiophene rings is 2. The van der Waals surface area contributed by atoms with Crippen LogP contribution < -0.4 is 0 Å². The van der Waals surface area contributed by atoms with Crippen LogP contribution in [0.2, 0.25) is 0 Å². The fourth-order valence-corrected chi connectivity index (χ4v) is 6.60. The average Bonchev–Trinajstić information content (AvgIpc) is 3.75. The first-order valence-electron chi connectivity index (χ1n) is 13.4. The van der Waals surface area contributed by atoms with Crippen LogP contribution in [0, 0.1) is 22.7 Å². The van der Waals surface area contributed by atoms with Crippen LogP contribution in [0.25, 0.3) is 54.9 Å². The fraction of sp³-hybridized carbons (Fsp3) is 0. The molecule has 0 aliphatic heterocycles.